The van der Waals surface area contributed by atoms with Crippen molar-refractivity contribution in [3.05, 3.63) is 24.2 Å². The molecule has 0 bridgehead atoms. The Balaban J connectivity index is 2.20. The second-order valence-corrected chi connectivity index (χ2v) is 4.59. The Hall–Kier alpha value is -2.31. The van der Waals surface area contributed by atoms with Crippen molar-refractivity contribution >= 4 is 11.9 Å². The van der Waals surface area contributed by atoms with Crippen molar-refractivity contribution in [1.82, 2.24) is 15.0 Å². The van der Waals surface area contributed by atoms with E-state index in [2.05, 4.69) is 20.3 Å². The Labute approximate surface area is 118 Å². The van der Waals surface area contributed by atoms with Gasteiger partial charge in [0.25, 0.3) is 0 Å². The fraction of sp³-hybridized carbons (Fsp3) is 0.462. The molecule has 0 saturated heterocycles. The molecule has 0 atom stereocenters. The monoisotopic (exact) mass is 277 g/mol. The van der Waals surface area contributed by atoms with Crippen molar-refractivity contribution in [1.29, 1.82) is 0 Å². The van der Waals surface area contributed by atoms with Gasteiger partial charge >= 0.3 is 6.01 Å². The molecule has 0 amide bonds. The number of anilines is 2. The second kappa shape index (κ2) is 6.23. The molecule has 0 aliphatic carbocycles. The quantitative estimate of drug-likeness (QED) is 0.864. The molecule has 0 fully saturated rings. The summed E-state index contributed by atoms with van der Waals surface area (Å²) in [4.78, 5) is 14.6. The summed E-state index contributed by atoms with van der Waals surface area (Å²) < 4.78 is 10.8. The lowest BCUT2D eigenvalue weighted by molar-refractivity contribution is 0.222. The summed E-state index contributed by atoms with van der Waals surface area (Å²) in [6.07, 6.45) is 1.65. The molecule has 0 unspecified atom stereocenters. The maximum atomic E-state index is 5.53. The van der Waals surface area contributed by atoms with Crippen molar-refractivity contribution in [3.63, 3.8) is 0 Å². The Morgan fingerprint density at radius 1 is 1.35 bits per heavy atom. The smallest absolute Gasteiger partial charge is 0.323 e. The number of ether oxygens (including phenoxy) is 1. The third-order valence-electron chi connectivity index (χ3n) is 2.48. The number of hydrogen-bond acceptors (Lipinski definition) is 7. The summed E-state index contributed by atoms with van der Waals surface area (Å²) >= 11 is 0. The fourth-order valence-electron chi connectivity index (χ4n) is 1.60. The lowest BCUT2D eigenvalue weighted by atomic mass is 10.4. The molecule has 2 aromatic heterocycles. The lowest BCUT2D eigenvalue weighted by Crippen LogP contribution is -2.21. The molecule has 20 heavy (non-hydrogen) atoms. The van der Waals surface area contributed by atoms with Gasteiger partial charge in [-0.1, -0.05) is 0 Å². The van der Waals surface area contributed by atoms with Gasteiger partial charge in [0.15, 0.2) is 0 Å². The number of rotatable bonds is 6. The molecular formula is C13H19N5O2. The minimum absolute atomic E-state index is 0.00494. The molecule has 0 aliphatic heterocycles. The first kappa shape index (κ1) is 14.1. The molecule has 0 spiro atoms. The molecule has 0 aromatic carbocycles. The van der Waals surface area contributed by atoms with E-state index in [0.29, 0.717) is 24.5 Å². The van der Waals surface area contributed by atoms with Crippen LogP contribution in [0.3, 0.4) is 0 Å². The van der Waals surface area contributed by atoms with Crippen molar-refractivity contribution in [2.75, 3.05) is 24.3 Å². The number of furan rings is 1. The van der Waals surface area contributed by atoms with E-state index in [-0.39, 0.29) is 6.10 Å². The molecule has 7 heteroatoms. The molecule has 2 heterocycles. The standard InChI is InChI=1S/C13H19N5O2/c1-9(2)20-13-16-11(14-3)15-12(17-13)18(4)8-10-6-5-7-19-10/h5-7,9H,8H2,1-4H3,(H,14,15,16,17). The second-order valence-electron chi connectivity index (χ2n) is 4.59. The summed E-state index contributed by atoms with van der Waals surface area (Å²) in [6.45, 7) is 4.42. The van der Waals surface area contributed by atoms with E-state index >= 15 is 0 Å². The van der Waals surface area contributed by atoms with Gasteiger partial charge in [0.1, 0.15) is 5.76 Å². The summed E-state index contributed by atoms with van der Waals surface area (Å²) in [5, 5.41) is 2.90. The van der Waals surface area contributed by atoms with Crippen LogP contribution >= 0.6 is 0 Å². The van der Waals surface area contributed by atoms with Crippen LogP contribution in [0.25, 0.3) is 0 Å². The van der Waals surface area contributed by atoms with Crippen LogP contribution in [-0.4, -0.2) is 35.2 Å². The van der Waals surface area contributed by atoms with Gasteiger partial charge in [0, 0.05) is 14.1 Å². The zero-order chi connectivity index (χ0) is 14.5. The zero-order valence-electron chi connectivity index (χ0n) is 12.1. The van der Waals surface area contributed by atoms with E-state index in [1.165, 1.54) is 0 Å². The van der Waals surface area contributed by atoms with E-state index in [1.54, 1.807) is 13.3 Å². The predicted octanol–water partition coefficient (Wildman–Crippen LogP) is 1.93. The highest BCUT2D eigenvalue weighted by Gasteiger charge is 2.13. The number of nitrogens with zero attached hydrogens (tertiary/aromatic N) is 4. The van der Waals surface area contributed by atoms with E-state index in [4.69, 9.17) is 9.15 Å². The fourth-order valence-corrected chi connectivity index (χ4v) is 1.60. The first-order valence-electron chi connectivity index (χ1n) is 6.42. The Morgan fingerprint density at radius 3 is 2.75 bits per heavy atom. The third kappa shape index (κ3) is 3.59. The van der Waals surface area contributed by atoms with E-state index in [0.717, 1.165) is 5.76 Å². The van der Waals surface area contributed by atoms with Gasteiger partial charge in [0.05, 0.1) is 18.9 Å². The van der Waals surface area contributed by atoms with Crippen molar-refractivity contribution in [2.24, 2.45) is 0 Å². The predicted molar refractivity (Wildman–Crippen MR) is 76.0 cm³/mol. The van der Waals surface area contributed by atoms with Gasteiger partial charge < -0.3 is 19.4 Å². The van der Waals surface area contributed by atoms with Gasteiger partial charge in [-0.05, 0) is 26.0 Å². The first-order chi connectivity index (χ1) is 9.58. The SMILES string of the molecule is CNc1nc(OC(C)C)nc(N(C)Cc2ccco2)n1. The average Bonchev–Trinajstić information content (AvgIpc) is 2.90. The molecule has 0 radical (unpaired) electrons. The molecule has 108 valence electrons. The maximum absolute atomic E-state index is 5.53. The molecule has 0 saturated carbocycles. The molecule has 2 rings (SSSR count). The first-order valence-corrected chi connectivity index (χ1v) is 6.42. The van der Waals surface area contributed by atoms with Crippen LogP contribution in [-0.2, 0) is 6.54 Å². The van der Waals surface area contributed by atoms with Gasteiger partial charge in [-0.25, -0.2) is 0 Å². The van der Waals surface area contributed by atoms with E-state index < -0.39 is 0 Å². The minimum Gasteiger partial charge on any atom is -0.467 e. The molecule has 2 aromatic rings. The highest BCUT2D eigenvalue weighted by molar-refractivity contribution is 5.37. The van der Waals surface area contributed by atoms with Crippen LogP contribution in [0.1, 0.15) is 19.6 Å². The molecule has 7 nitrogen and oxygen atoms in total. The van der Waals surface area contributed by atoms with Crippen LogP contribution in [0, 0.1) is 0 Å². The Bertz CT molecular complexity index is 542. The highest BCUT2D eigenvalue weighted by atomic mass is 16.5. The van der Waals surface area contributed by atoms with Crippen LogP contribution in [0.15, 0.2) is 22.8 Å². The van der Waals surface area contributed by atoms with Crippen LogP contribution in [0.5, 0.6) is 6.01 Å². The van der Waals surface area contributed by atoms with Crippen LogP contribution < -0.4 is 15.0 Å². The van der Waals surface area contributed by atoms with Gasteiger partial charge in [-0.3, -0.25) is 0 Å². The topological polar surface area (TPSA) is 76.3 Å². The third-order valence-corrected chi connectivity index (χ3v) is 2.48. The van der Waals surface area contributed by atoms with Crippen LogP contribution in [0.4, 0.5) is 11.9 Å². The van der Waals surface area contributed by atoms with E-state index in [1.807, 2.05) is 37.9 Å². The minimum atomic E-state index is 0.00494. The summed E-state index contributed by atoms with van der Waals surface area (Å²) in [5.74, 6) is 1.83. The Morgan fingerprint density at radius 2 is 2.15 bits per heavy atom. The summed E-state index contributed by atoms with van der Waals surface area (Å²) in [5.41, 5.74) is 0. The number of nitrogens with one attached hydrogen (secondary N) is 1. The molecule has 1 N–H and O–H groups in total. The lowest BCUT2D eigenvalue weighted by Gasteiger charge is -2.17. The Kier molecular flexibility index (Phi) is 4.39. The molecular weight excluding hydrogens is 258 g/mol. The summed E-state index contributed by atoms with van der Waals surface area (Å²) in [6, 6.07) is 4.06. The normalized spacial score (nSPS) is 10.7. The van der Waals surface area contributed by atoms with Crippen LogP contribution in [0.2, 0.25) is 0 Å². The number of hydrogen-bond donors (Lipinski definition) is 1. The average molecular weight is 277 g/mol. The molecule has 0 aliphatic rings. The zero-order valence-corrected chi connectivity index (χ0v) is 12.1. The maximum Gasteiger partial charge on any atom is 0.323 e. The van der Waals surface area contributed by atoms with Crippen molar-refractivity contribution in [3.8, 4) is 6.01 Å². The number of aromatic nitrogens is 3. The summed E-state index contributed by atoms with van der Waals surface area (Å²) in [7, 11) is 3.64. The van der Waals surface area contributed by atoms with Crippen molar-refractivity contribution < 1.29 is 9.15 Å². The van der Waals surface area contributed by atoms with Crippen molar-refractivity contribution in [2.45, 2.75) is 26.5 Å². The van der Waals surface area contributed by atoms with Gasteiger partial charge in [-0.15, -0.1) is 0 Å². The van der Waals surface area contributed by atoms with Gasteiger partial charge in [-0.2, -0.15) is 15.0 Å². The highest BCUT2D eigenvalue weighted by Crippen LogP contribution is 2.16. The largest absolute Gasteiger partial charge is 0.467 e. The van der Waals surface area contributed by atoms with Gasteiger partial charge in [0.2, 0.25) is 11.9 Å². The van der Waals surface area contributed by atoms with E-state index in [9.17, 15) is 0 Å².